The van der Waals surface area contributed by atoms with E-state index in [-0.39, 0.29) is 0 Å². The Morgan fingerprint density at radius 2 is 1.88 bits per heavy atom. The number of aromatic nitrogens is 1. The molecule has 0 fully saturated rings. The van der Waals surface area contributed by atoms with Crippen LogP contribution < -0.4 is 0 Å². The number of benzene rings is 1. The van der Waals surface area contributed by atoms with Crippen LogP contribution in [0.25, 0.3) is 6.08 Å². The Balaban J connectivity index is 2.18. The average Bonchev–Trinajstić information content (AvgIpc) is 2.40. The third-order valence-corrected chi connectivity index (χ3v) is 2.37. The van der Waals surface area contributed by atoms with Crippen molar-refractivity contribution >= 4 is 12.4 Å². The van der Waals surface area contributed by atoms with Crippen molar-refractivity contribution in [2.24, 2.45) is 0 Å². The zero-order valence-corrected chi connectivity index (χ0v) is 9.34. The number of allylic oxidation sites excluding steroid dienone is 1. The largest absolute Gasteiger partial charge is 0.285 e. The molecule has 0 N–H and O–H groups in total. The molecule has 0 aliphatic carbocycles. The maximum Gasteiger partial charge on any atom is 0.229 e. The van der Waals surface area contributed by atoms with E-state index in [4.69, 9.17) is 0 Å². The third-order valence-electron chi connectivity index (χ3n) is 2.37. The first-order valence-corrected chi connectivity index (χ1v) is 5.42. The van der Waals surface area contributed by atoms with Gasteiger partial charge in [-0.1, -0.05) is 36.4 Å². The Kier molecular flexibility index (Phi) is 3.81. The second-order valence-corrected chi connectivity index (χ2v) is 3.68. The molecule has 2 heteroatoms. The molecule has 0 bridgehead atoms. The van der Waals surface area contributed by atoms with Gasteiger partial charge >= 0.3 is 0 Å². The van der Waals surface area contributed by atoms with Gasteiger partial charge in [0.2, 0.25) is 6.29 Å². The molecule has 2 aromatic rings. The van der Waals surface area contributed by atoms with E-state index in [0.717, 1.165) is 11.3 Å². The van der Waals surface area contributed by atoms with Crippen LogP contribution in [0.5, 0.6) is 0 Å². The molecule has 0 aliphatic rings. The van der Waals surface area contributed by atoms with Crippen molar-refractivity contribution < 1.29 is 4.79 Å². The van der Waals surface area contributed by atoms with Gasteiger partial charge in [0.1, 0.15) is 0 Å². The number of rotatable bonds is 4. The summed E-state index contributed by atoms with van der Waals surface area (Å²) in [7, 11) is 0. The Bertz CT molecular complexity index is 503. The van der Waals surface area contributed by atoms with Crippen LogP contribution in [0.3, 0.4) is 0 Å². The lowest BCUT2D eigenvalue weighted by atomic mass is 10.1. The lowest BCUT2D eigenvalue weighted by Gasteiger charge is -1.99. The fourth-order valence-corrected chi connectivity index (χ4v) is 1.56. The molecule has 0 unspecified atom stereocenters. The van der Waals surface area contributed by atoms with E-state index in [0.29, 0.717) is 12.0 Å². The summed E-state index contributed by atoms with van der Waals surface area (Å²) in [5, 5.41) is 0. The number of carbonyl (C=O) groups excluding carboxylic acids is 1. The van der Waals surface area contributed by atoms with Crippen molar-refractivity contribution in [2.75, 3.05) is 0 Å². The van der Waals surface area contributed by atoms with Gasteiger partial charge in [0.25, 0.3) is 0 Å². The highest BCUT2D eigenvalue weighted by atomic mass is 16.1. The van der Waals surface area contributed by atoms with E-state index in [1.165, 1.54) is 0 Å². The summed E-state index contributed by atoms with van der Waals surface area (Å²) in [4.78, 5) is 15.1. The van der Waals surface area contributed by atoms with Gasteiger partial charge in [-0.2, -0.15) is 0 Å². The van der Waals surface area contributed by atoms with E-state index < -0.39 is 0 Å². The highest BCUT2D eigenvalue weighted by Crippen LogP contribution is 2.09. The quantitative estimate of drug-likeness (QED) is 0.744. The standard InChI is InChI=1S/C15H12NO/c17-12-14(10-13-6-2-1-3-7-13)11-15-8-4-5-9-16-15/h1-10H,11H2. The summed E-state index contributed by atoms with van der Waals surface area (Å²) < 4.78 is 0. The van der Waals surface area contributed by atoms with Crippen LogP contribution in [-0.2, 0) is 11.2 Å². The Hall–Kier alpha value is -2.22. The number of nitrogens with zero attached hydrogens (tertiary/aromatic N) is 1. The number of pyridine rings is 1. The predicted octanol–water partition coefficient (Wildman–Crippen LogP) is 2.82. The molecule has 2 rings (SSSR count). The molecule has 83 valence electrons. The summed E-state index contributed by atoms with van der Waals surface area (Å²) in [5.41, 5.74) is 2.48. The molecule has 0 aliphatic heterocycles. The zero-order chi connectivity index (χ0) is 11.9. The first-order chi connectivity index (χ1) is 8.38. The highest BCUT2D eigenvalue weighted by molar-refractivity contribution is 5.82. The Morgan fingerprint density at radius 1 is 1.12 bits per heavy atom. The molecule has 0 saturated heterocycles. The van der Waals surface area contributed by atoms with Crippen LogP contribution in [0.1, 0.15) is 11.3 Å². The summed E-state index contributed by atoms with van der Waals surface area (Å²) >= 11 is 0. The summed E-state index contributed by atoms with van der Waals surface area (Å²) in [6.45, 7) is 0. The van der Waals surface area contributed by atoms with Crippen molar-refractivity contribution in [1.82, 2.24) is 4.98 Å². The number of hydrogen-bond acceptors (Lipinski definition) is 2. The molecular formula is C15H12NO. The summed E-state index contributed by atoms with van der Waals surface area (Å²) in [5.74, 6) is 0. The molecule has 17 heavy (non-hydrogen) atoms. The average molecular weight is 222 g/mol. The van der Waals surface area contributed by atoms with Gasteiger partial charge in [-0.05, 0) is 23.8 Å². The van der Waals surface area contributed by atoms with Gasteiger partial charge in [-0.25, -0.2) is 0 Å². The third kappa shape index (κ3) is 3.38. The van der Waals surface area contributed by atoms with Crippen LogP contribution in [0.15, 0.2) is 60.3 Å². The number of hydrogen-bond donors (Lipinski definition) is 0. The second-order valence-electron chi connectivity index (χ2n) is 3.68. The van der Waals surface area contributed by atoms with Gasteiger partial charge in [0.05, 0.1) is 0 Å². The van der Waals surface area contributed by atoms with Crippen LogP contribution in [-0.4, -0.2) is 11.3 Å². The summed E-state index contributed by atoms with van der Waals surface area (Å²) in [6.07, 6.45) is 6.04. The minimum absolute atomic E-state index is 0.513. The van der Waals surface area contributed by atoms with Crippen molar-refractivity contribution in [3.8, 4) is 0 Å². The van der Waals surface area contributed by atoms with Gasteiger partial charge in [-0.3, -0.25) is 9.78 Å². The van der Waals surface area contributed by atoms with E-state index in [2.05, 4.69) is 4.98 Å². The Labute approximate surface area is 101 Å². The van der Waals surface area contributed by atoms with Crippen molar-refractivity contribution in [1.29, 1.82) is 0 Å². The van der Waals surface area contributed by atoms with Gasteiger partial charge in [0.15, 0.2) is 0 Å². The van der Waals surface area contributed by atoms with Crippen molar-refractivity contribution in [3.63, 3.8) is 0 Å². The molecular weight excluding hydrogens is 210 g/mol. The monoisotopic (exact) mass is 222 g/mol. The molecule has 0 atom stereocenters. The molecule has 1 radical (unpaired) electrons. The molecule has 0 saturated carbocycles. The zero-order valence-electron chi connectivity index (χ0n) is 9.34. The van der Waals surface area contributed by atoms with E-state index >= 15 is 0 Å². The van der Waals surface area contributed by atoms with Crippen LogP contribution in [0.4, 0.5) is 0 Å². The van der Waals surface area contributed by atoms with E-state index in [9.17, 15) is 4.79 Å². The normalized spacial score (nSPS) is 11.2. The first-order valence-electron chi connectivity index (χ1n) is 5.42. The van der Waals surface area contributed by atoms with Crippen LogP contribution in [0.2, 0.25) is 0 Å². The van der Waals surface area contributed by atoms with Crippen LogP contribution >= 0.6 is 0 Å². The van der Waals surface area contributed by atoms with Gasteiger partial charge in [0, 0.05) is 23.9 Å². The fourth-order valence-electron chi connectivity index (χ4n) is 1.56. The van der Waals surface area contributed by atoms with Gasteiger partial charge in [-0.15, -0.1) is 0 Å². The lowest BCUT2D eigenvalue weighted by molar-refractivity contribution is 0.561. The lowest BCUT2D eigenvalue weighted by Crippen LogP contribution is -1.94. The Morgan fingerprint density at radius 3 is 2.53 bits per heavy atom. The van der Waals surface area contributed by atoms with E-state index in [1.54, 1.807) is 6.20 Å². The van der Waals surface area contributed by atoms with Crippen LogP contribution in [0, 0.1) is 0 Å². The predicted molar refractivity (Wildman–Crippen MR) is 68.1 cm³/mol. The molecule has 2 nitrogen and oxygen atoms in total. The minimum atomic E-state index is 0.513. The topological polar surface area (TPSA) is 30.0 Å². The molecule has 0 spiro atoms. The molecule has 1 aromatic carbocycles. The van der Waals surface area contributed by atoms with E-state index in [1.807, 2.05) is 60.9 Å². The maximum atomic E-state index is 10.9. The first kappa shape index (κ1) is 11.3. The fraction of sp³-hybridized carbons (Fsp3) is 0.0667. The van der Waals surface area contributed by atoms with Gasteiger partial charge < -0.3 is 0 Å². The molecule has 1 heterocycles. The molecule has 1 aromatic heterocycles. The minimum Gasteiger partial charge on any atom is -0.285 e. The second kappa shape index (κ2) is 5.75. The summed E-state index contributed by atoms with van der Waals surface area (Å²) in [6, 6.07) is 15.4. The SMILES string of the molecule is O=[C]C(=Cc1ccccc1)Cc1ccccn1. The van der Waals surface area contributed by atoms with Crippen molar-refractivity contribution in [3.05, 3.63) is 71.6 Å². The van der Waals surface area contributed by atoms with Crippen molar-refractivity contribution in [2.45, 2.75) is 6.42 Å². The maximum absolute atomic E-state index is 10.9. The smallest absolute Gasteiger partial charge is 0.229 e. The highest BCUT2D eigenvalue weighted by Gasteiger charge is 2.00. The molecule has 0 amide bonds.